The molecule has 154 valence electrons. The Morgan fingerprint density at radius 1 is 0.967 bits per heavy atom. The summed E-state index contributed by atoms with van der Waals surface area (Å²) < 4.78 is 16.9. The molecule has 0 unspecified atom stereocenters. The molecule has 0 atom stereocenters. The average molecular weight is 424 g/mol. The van der Waals surface area contributed by atoms with Crippen molar-refractivity contribution in [2.45, 2.75) is 6.61 Å². The summed E-state index contributed by atoms with van der Waals surface area (Å²) in [5, 5.41) is 3.38. The first kappa shape index (κ1) is 21.3. The molecule has 3 rings (SSSR count). The highest BCUT2D eigenvalue weighted by atomic mass is 35.5. The summed E-state index contributed by atoms with van der Waals surface area (Å²) in [6.45, 7) is 0.381. The second-order valence-corrected chi connectivity index (χ2v) is 6.79. The molecule has 0 saturated heterocycles. The van der Waals surface area contributed by atoms with E-state index in [1.807, 2.05) is 30.3 Å². The summed E-state index contributed by atoms with van der Waals surface area (Å²) >= 11 is 5.86. The summed E-state index contributed by atoms with van der Waals surface area (Å²) in [5.41, 5.74) is 2.43. The standard InChI is InChI=1S/C24H22ClNO4/c1-28-21-14-18(8-13-23(27)26-20-11-9-19(25)10-12-20)15-22(29-2)24(21)30-16-17-6-4-3-5-7-17/h3-15H,16H2,1-2H3,(H,26,27). The second kappa shape index (κ2) is 10.4. The highest BCUT2D eigenvalue weighted by molar-refractivity contribution is 6.30. The molecular weight excluding hydrogens is 402 g/mol. The molecule has 0 saturated carbocycles. The molecule has 6 heteroatoms. The number of hydrogen-bond acceptors (Lipinski definition) is 4. The van der Waals surface area contributed by atoms with Crippen LogP contribution in [0, 0.1) is 0 Å². The number of halogens is 1. The van der Waals surface area contributed by atoms with Gasteiger partial charge >= 0.3 is 0 Å². The Morgan fingerprint density at radius 2 is 1.60 bits per heavy atom. The largest absolute Gasteiger partial charge is 0.493 e. The Labute approximate surface area is 180 Å². The molecule has 0 aliphatic heterocycles. The number of benzene rings is 3. The van der Waals surface area contributed by atoms with E-state index in [4.69, 9.17) is 25.8 Å². The van der Waals surface area contributed by atoms with E-state index in [2.05, 4.69) is 5.32 Å². The van der Waals surface area contributed by atoms with Crippen molar-refractivity contribution in [1.29, 1.82) is 0 Å². The number of carbonyl (C=O) groups is 1. The zero-order valence-electron chi connectivity index (χ0n) is 16.7. The normalized spacial score (nSPS) is 10.6. The van der Waals surface area contributed by atoms with Gasteiger partial charge in [-0.25, -0.2) is 0 Å². The first-order valence-corrected chi connectivity index (χ1v) is 9.64. The molecule has 30 heavy (non-hydrogen) atoms. The molecule has 0 aliphatic carbocycles. The lowest BCUT2D eigenvalue weighted by Crippen LogP contribution is -2.07. The molecule has 0 aliphatic rings. The molecule has 5 nitrogen and oxygen atoms in total. The lowest BCUT2D eigenvalue weighted by Gasteiger charge is -2.15. The Morgan fingerprint density at radius 3 is 2.20 bits per heavy atom. The molecule has 3 aromatic rings. The van der Waals surface area contributed by atoms with Crippen molar-refractivity contribution >= 4 is 29.3 Å². The Hall–Kier alpha value is -3.44. The Kier molecular flexibility index (Phi) is 7.35. The van der Waals surface area contributed by atoms with E-state index >= 15 is 0 Å². The zero-order valence-corrected chi connectivity index (χ0v) is 17.5. The molecule has 0 spiro atoms. The number of anilines is 1. The summed E-state index contributed by atoms with van der Waals surface area (Å²) in [5.74, 6) is 1.28. The number of ether oxygens (including phenoxy) is 3. The van der Waals surface area contributed by atoms with Crippen molar-refractivity contribution in [2.24, 2.45) is 0 Å². The summed E-state index contributed by atoms with van der Waals surface area (Å²) in [4.78, 5) is 12.2. The molecule has 0 aromatic heterocycles. The SMILES string of the molecule is COc1cc(C=CC(=O)Nc2ccc(Cl)cc2)cc(OC)c1OCc1ccccc1. The van der Waals surface area contributed by atoms with E-state index in [0.29, 0.717) is 34.6 Å². The van der Waals surface area contributed by atoms with Crippen molar-refractivity contribution < 1.29 is 19.0 Å². The van der Waals surface area contributed by atoms with Crippen molar-refractivity contribution in [1.82, 2.24) is 0 Å². The molecule has 0 heterocycles. The summed E-state index contributed by atoms with van der Waals surface area (Å²) in [7, 11) is 3.12. The van der Waals surface area contributed by atoms with E-state index in [-0.39, 0.29) is 5.91 Å². The monoisotopic (exact) mass is 423 g/mol. The van der Waals surface area contributed by atoms with Gasteiger partial charge in [0.05, 0.1) is 14.2 Å². The van der Waals surface area contributed by atoms with Crippen LogP contribution in [0.5, 0.6) is 17.2 Å². The zero-order chi connectivity index (χ0) is 21.3. The number of hydrogen-bond donors (Lipinski definition) is 1. The number of methoxy groups -OCH3 is 2. The topological polar surface area (TPSA) is 56.8 Å². The minimum absolute atomic E-state index is 0.264. The molecule has 1 N–H and O–H groups in total. The maximum absolute atomic E-state index is 12.2. The number of carbonyl (C=O) groups excluding carboxylic acids is 1. The Balaban J connectivity index is 1.74. The Bertz CT molecular complexity index is 992. The summed E-state index contributed by atoms with van der Waals surface area (Å²) in [6, 6.07) is 20.3. The van der Waals surface area contributed by atoms with Crippen molar-refractivity contribution in [3.05, 3.63) is 89.0 Å². The minimum Gasteiger partial charge on any atom is -0.493 e. The van der Waals surface area contributed by atoms with Crippen molar-refractivity contribution in [2.75, 3.05) is 19.5 Å². The number of nitrogens with one attached hydrogen (secondary N) is 1. The average Bonchev–Trinajstić information content (AvgIpc) is 2.78. The van der Waals surface area contributed by atoms with Gasteiger partial charge < -0.3 is 19.5 Å². The van der Waals surface area contributed by atoms with Crippen LogP contribution >= 0.6 is 11.6 Å². The molecule has 0 bridgehead atoms. The predicted molar refractivity (Wildman–Crippen MR) is 119 cm³/mol. The molecule has 0 radical (unpaired) electrons. The van der Waals surface area contributed by atoms with Crippen LogP contribution in [0.2, 0.25) is 5.02 Å². The van der Waals surface area contributed by atoms with Crippen molar-refractivity contribution in [3.63, 3.8) is 0 Å². The maximum atomic E-state index is 12.2. The lowest BCUT2D eigenvalue weighted by atomic mass is 10.1. The first-order chi connectivity index (χ1) is 14.6. The van der Waals surface area contributed by atoms with E-state index in [0.717, 1.165) is 11.1 Å². The quantitative estimate of drug-likeness (QED) is 0.480. The fraction of sp³-hybridized carbons (Fsp3) is 0.125. The van der Waals surface area contributed by atoms with Crippen LogP contribution in [0.1, 0.15) is 11.1 Å². The van der Waals surface area contributed by atoms with E-state index in [9.17, 15) is 4.79 Å². The van der Waals surface area contributed by atoms with Gasteiger partial charge in [0.25, 0.3) is 0 Å². The maximum Gasteiger partial charge on any atom is 0.248 e. The number of rotatable bonds is 8. The van der Waals surface area contributed by atoms with E-state index in [1.165, 1.54) is 6.08 Å². The molecule has 1 amide bonds. The highest BCUT2D eigenvalue weighted by Crippen LogP contribution is 2.39. The first-order valence-electron chi connectivity index (χ1n) is 9.26. The third kappa shape index (κ3) is 5.78. The van der Waals surface area contributed by atoms with Gasteiger partial charge in [-0.3, -0.25) is 4.79 Å². The van der Waals surface area contributed by atoms with Gasteiger partial charge in [-0.05, 0) is 53.6 Å². The highest BCUT2D eigenvalue weighted by Gasteiger charge is 2.14. The van der Waals surface area contributed by atoms with Gasteiger partial charge in [0.1, 0.15) is 6.61 Å². The van der Waals surface area contributed by atoms with E-state index < -0.39 is 0 Å². The van der Waals surface area contributed by atoms with Gasteiger partial charge in [-0.15, -0.1) is 0 Å². The fourth-order valence-corrected chi connectivity index (χ4v) is 2.88. The molecule has 3 aromatic carbocycles. The van der Waals surface area contributed by atoms with Gasteiger partial charge in [0.2, 0.25) is 11.7 Å². The fourth-order valence-electron chi connectivity index (χ4n) is 2.76. The van der Waals surface area contributed by atoms with Crippen molar-refractivity contribution in [3.8, 4) is 17.2 Å². The van der Waals surface area contributed by atoms with E-state index in [1.54, 1.807) is 56.7 Å². The van der Waals surface area contributed by atoms with Gasteiger partial charge in [0.15, 0.2) is 11.5 Å². The molecular formula is C24H22ClNO4. The second-order valence-electron chi connectivity index (χ2n) is 6.36. The minimum atomic E-state index is -0.264. The van der Waals surface area contributed by atoms with Crippen LogP contribution in [0.4, 0.5) is 5.69 Å². The van der Waals surface area contributed by atoms with Crippen LogP contribution in [0.25, 0.3) is 6.08 Å². The van der Waals surface area contributed by atoms with Crippen LogP contribution in [0.3, 0.4) is 0 Å². The van der Waals surface area contributed by atoms with Gasteiger partial charge in [0, 0.05) is 16.8 Å². The third-order valence-electron chi connectivity index (χ3n) is 4.25. The van der Waals surface area contributed by atoms with Gasteiger partial charge in [-0.1, -0.05) is 41.9 Å². The summed E-state index contributed by atoms with van der Waals surface area (Å²) in [6.07, 6.45) is 3.12. The molecule has 0 fully saturated rings. The van der Waals surface area contributed by atoms with Crippen LogP contribution < -0.4 is 19.5 Å². The van der Waals surface area contributed by atoms with Crippen LogP contribution in [0.15, 0.2) is 72.8 Å². The lowest BCUT2D eigenvalue weighted by molar-refractivity contribution is -0.111. The van der Waals surface area contributed by atoms with Crippen LogP contribution in [-0.2, 0) is 11.4 Å². The van der Waals surface area contributed by atoms with Gasteiger partial charge in [-0.2, -0.15) is 0 Å². The smallest absolute Gasteiger partial charge is 0.248 e. The predicted octanol–water partition coefficient (Wildman–Crippen LogP) is 5.59. The number of amides is 1. The third-order valence-corrected chi connectivity index (χ3v) is 4.50. The van der Waals surface area contributed by atoms with Crippen LogP contribution in [-0.4, -0.2) is 20.1 Å².